The molecule has 1 saturated heterocycles. The fraction of sp³-hybridized carbons (Fsp3) is 0.600. The van der Waals surface area contributed by atoms with E-state index in [0.717, 1.165) is 10.9 Å². The first-order valence-electron chi connectivity index (χ1n) is 31.1. The van der Waals surface area contributed by atoms with Crippen LogP contribution in [0.15, 0.2) is 53.0 Å². The van der Waals surface area contributed by atoms with Crippen molar-refractivity contribution in [2.24, 2.45) is 68.1 Å². The number of aromatic amines is 2. The van der Waals surface area contributed by atoms with Gasteiger partial charge >= 0.3 is 0 Å². The number of carbonyl (C=O) groups excluding carboxylic acids is 11. The molecule has 0 saturated carbocycles. The summed E-state index contributed by atoms with van der Waals surface area (Å²) in [6.45, 7) is 13.5. The summed E-state index contributed by atoms with van der Waals surface area (Å²) >= 11 is 0. The number of aliphatic hydroxyl groups is 1. The predicted octanol–water partition coefficient (Wildman–Crippen LogP) is -3.22. The quantitative estimate of drug-likeness (QED) is 0.0152. The number of nitrogens with one attached hydrogen (secondary N) is 10. The molecule has 1 aliphatic rings. The molecule has 1 unspecified atom stereocenters. The number of nitrogens with zero attached hydrogens (tertiary/aromatic N) is 4. The van der Waals surface area contributed by atoms with E-state index in [9.17, 15) is 57.8 Å². The summed E-state index contributed by atoms with van der Waals surface area (Å²) in [5.41, 5.74) is 34.5. The summed E-state index contributed by atoms with van der Waals surface area (Å²) in [5, 5.41) is 32.3. The lowest BCUT2D eigenvalue weighted by molar-refractivity contribution is -0.144. The number of rotatable bonds is 39. The third kappa shape index (κ3) is 22.8. The average Bonchev–Trinajstić information content (AvgIpc) is 1.64. The summed E-state index contributed by atoms with van der Waals surface area (Å²) in [7, 11) is 0. The third-order valence-corrected chi connectivity index (χ3v) is 16.1. The van der Waals surface area contributed by atoms with Gasteiger partial charge in [0.15, 0.2) is 11.9 Å². The maximum absolute atomic E-state index is 15.0. The smallest absolute Gasteiger partial charge is 0.246 e. The van der Waals surface area contributed by atoms with Crippen molar-refractivity contribution < 1.29 is 57.8 Å². The maximum atomic E-state index is 15.0. The van der Waals surface area contributed by atoms with Crippen LogP contribution in [0.4, 0.5) is 0 Å². The molecular weight excluding hydrogens is 1190 g/mol. The minimum Gasteiger partial charge on any atom is -0.394 e. The predicted molar refractivity (Wildman–Crippen MR) is 342 cm³/mol. The Morgan fingerprint density at radius 3 is 1.78 bits per heavy atom. The lowest BCUT2D eigenvalue weighted by Crippen LogP contribution is -2.62. The van der Waals surface area contributed by atoms with Gasteiger partial charge in [-0.05, 0) is 74.8 Å². The van der Waals surface area contributed by atoms with Crippen LogP contribution >= 0.6 is 0 Å². The highest BCUT2D eigenvalue weighted by Gasteiger charge is 2.47. The maximum Gasteiger partial charge on any atom is 0.246 e. The number of fused-ring (bicyclic) bond motifs is 1. The highest BCUT2D eigenvalue weighted by atomic mass is 16.3. The van der Waals surface area contributed by atoms with Crippen molar-refractivity contribution in [3.8, 4) is 0 Å². The van der Waals surface area contributed by atoms with E-state index in [1.807, 2.05) is 13.0 Å². The Kier molecular flexibility index (Phi) is 29.8. The SMILES string of the molecule is CC[C@H](C)[C@H](NC(=O)[C@H]([C@@H](C)CC)N1C(=O)[C@@H](NC(=O)[C@H](CCCN=C(N)N)NC(=O)[C@H](CC(C)C)NC(=O)[C@H](CO)NC(=O)[C@@H](C)CCCN=C(N)N)CC1C)C(=O)N[C@@H](Cc1cnc[nH]1)C(=O)N[C@@H](Cc1c[nH]c2ccccc12)C(=O)N[C@@H](CC(N)=O)C(N)=O. The minimum absolute atomic E-state index is 0.0158. The molecule has 1 aromatic carbocycles. The number of H-pyrrole nitrogens is 2. The third-order valence-electron chi connectivity index (χ3n) is 16.1. The largest absolute Gasteiger partial charge is 0.394 e. The van der Waals surface area contributed by atoms with Crippen LogP contribution in [-0.2, 0) is 65.6 Å². The number of likely N-dealkylation sites (tertiary alicyclic amines) is 1. The number of primary amides is 2. The van der Waals surface area contributed by atoms with Crippen LogP contribution in [0.1, 0.15) is 124 Å². The Morgan fingerprint density at radius 2 is 1.21 bits per heavy atom. The number of nitrogens with two attached hydrogens (primary N) is 6. The van der Waals surface area contributed by atoms with E-state index in [1.54, 1.807) is 72.9 Å². The van der Waals surface area contributed by atoms with Crippen molar-refractivity contribution >= 4 is 87.8 Å². The van der Waals surface area contributed by atoms with Crippen molar-refractivity contribution in [1.82, 2.24) is 62.4 Å². The molecule has 2 aromatic heterocycles. The first kappa shape index (κ1) is 75.1. The molecular formula is C60H96N20O12. The molecule has 0 spiro atoms. The first-order valence-corrected chi connectivity index (χ1v) is 31.1. The molecule has 1 aliphatic heterocycles. The molecule has 32 nitrogen and oxygen atoms in total. The van der Waals surface area contributed by atoms with Crippen molar-refractivity contribution in [2.45, 2.75) is 186 Å². The fourth-order valence-electron chi connectivity index (χ4n) is 10.6. The van der Waals surface area contributed by atoms with E-state index in [-0.39, 0.29) is 69.5 Å². The van der Waals surface area contributed by atoms with Gasteiger partial charge in [-0.3, -0.25) is 62.7 Å². The molecule has 3 aromatic rings. The number of hydrogen-bond acceptors (Lipinski definition) is 15. The zero-order valence-electron chi connectivity index (χ0n) is 53.7. The van der Waals surface area contributed by atoms with Gasteiger partial charge in [-0.25, -0.2) is 4.98 Å². The number of aliphatic hydroxyl groups excluding tert-OH is 1. The molecule has 0 aliphatic carbocycles. The molecule has 1 fully saturated rings. The Morgan fingerprint density at radius 1 is 0.652 bits per heavy atom. The van der Waals surface area contributed by atoms with Crippen LogP contribution < -0.4 is 76.9 Å². The number of aromatic nitrogens is 3. The van der Waals surface area contributed by atoms with Crippen LogP contribution in [0, 0.1) is 23.7 Å². The van der Waals surface area contributed by atoms with Crippen LogP contribution in [-0.4, -0.2) is 182 Å². The molecule has 92 heavy (non-hydrogen) atoms. The molecule has 11 amide bonds. The average molecular weight is 1290 g/mol. The summed E-state index contributed by atoms with van der Waals surface area (Å²) in [5.74, 6) is -11.1. The molecule has 508 valence electrons. The van der Waals surface area contributed by atoms with Gasteiger partial charge in [0.1, 0.15) is 54.4 Å². The van der Waals surface area contributed by atoms with E-state index < -0.39 is 156 Å². The van der Waals surface area contributed by atoms with Crippen LogP contribution in [0.2, 0.25) is 0 Å². The molecule has 32 heteroatoms. The first-order chi connectivity index (χ1) is 43.5. The summed E-state index contributed by atoms with van der Waals surface area (Å²) in [6, 6.07) is -5.67. The normalized spacial score (nSPS) is 17.4. The van der Waals surface area contributed by atoms with Gasteiger partial charge in [-0.2, -0.15) is 0 Å². The van der Waals surface area contributed by atoms with E-state index in [1.165, 1.54) is 17.4 Å². The highest BCUT2D eigenvalue weighted by Crippen LogP contribution is 2.28. The summed E-state index contributed by atoms with van der Waals surface area (Å²) < 4.78 is 0. The van der Waals surface area contributed by atoms with E-state index >= 15 is 0 Å². The fourth-order valence-corrected chi connectivity index (χ4v) is 10.6. The number of aliphatic imine (C=N–C) groups is 2. The molecule has 23 N–H and O–H groups in total. The zero-order valence-corrected chi connectivity index (χ0v) is 53.7. The van der Waals surface area contributed by atoms with Crippen molar-refractivity contribution in [2.75, 3.05) is 19.7 Å². The minimum atomic E-state index is -1.53. The number of para-hydroxylation sites is 1. The van der Waals surface area contributed by atoms with Gasteiger partial charge in [0.05, 0.1) is 19.4 Å². The second kappa shape index (κ2) is 36.5. The van der Waals surface area contributed by atoms with Gasteiger partial charge < -0.3 is 96.9 Å². The Balaban J connectivity index is 1.59. The summed E-state index contributed by atoms with van der Waals surface area (Å²) in [4.78, 5) is 172. The summed E-state index contributed by atoms with van der Waals surface area (Å²) in [6.07, 6.45) is 5.22. The number of hydrogen-bond donors (Lipinski definition) is 17. The van der Waals surface area contributed by atoms with Gasteiger partial charge in [0.2, 0.25) is 65.0 Å². The topological polar surface area (TPSA) is 533 Å². The van der Waals surface area contributed by atoms with Gasteiger partial charge in [0, 0.05) is 66.9 Å². The van der Waals surface area contributed by atoms with Crippen molar-refractivity contribution in [3.63, 3.8) is 0 Å². The van der Waals surface area contributed by atoms with E-state index in [2.05, 4.69) is 67.5 Å². The second-order valence-corrected chi connectivity index (χ2v) is 24.0. The molecule has 0 radical (unpaired) electrons. The molecule has 4 rings (SSSR count). The van der Waals surface area contributed by atoms with Crippen molar-refractivity contribution in [1.29, 1.82) is 0 Å². The lowest BCUT2D eigenvalue weighted by atomic mass is 9.93. The van der Waals surface area contributed by atoms with Crippen LogP contribution in [0.25, 0.3) is 10.9 Å². The van der Waals surface area contributed by atoms with Gasteiger partial charge in [-0.1, -0.05) is 79.5 Å². The Labute approximate surface area is 534 Å². The highest BCUT2D eigenvalue weighted by molar-refractivity contribution is 6.00. The van der Waals surface area contributed by atoms with Crippen LogP contribution in [0.3, 0.4) is 0 Å². The number of imidazole rings is 1. The second-order valence-electron chi connectivity index (χ2n) is 24.0. The van der Waals surface area contributed by atoms with E-state index in [4.69, 9.17) is 34.4 Å². The monoisotopic (exact) mass is 1290 g/mol. The molecule has 0 bridgehead atoms. The van der Waals surface area contributed by atoms with E-state index in [0.29, 0.717) is 36.9 Å². The zero-order chi connectivity index (χ0) is 68.5. The molecule has 13 atom stereocenters. The lowest BCUT2D eigenvalue weighted by Gasteiger charge is -2.36. The number of amides is 11. The van der Waals surface area contributed by atoms with Gasteiger partial charge in [-0.15, -0.1) is 0 Å². The Bertz CT molecular complexity index is 3070. The number of guanidine groups is 2. The van der Waals surface area contributed by atoms with Crippen molar-refractivity contribution in [3.05, 3.63) is 54.2 Å². The van der Waals surface area contributed by atoms with Crippen LogP contribution in [0.5, 0.6) is 0 Å². The number of benzene rings is 1. The molecule has 3 heterocycles. The standard InChI is InChI=1S/C60H96N20O12/c1-9-31(5)47(56(90)76-43(24-36-27-67-29-71-36)54(88)75-42(53(87)73-40(49(62)83)25-46(61)82)23-35-26-70-38-17-12-11-16-37(35)38)79-57(91)48(32(6)10-2)80-34(8)22-44(58(80)92)77-51(85)39(18-14-20-69-60(65)66)72-52(86)41(21-30(3)4)74-55(89)45(28-81)78-50(84)33(7)15-13-19-68-59(63)64/h11-12,16-17,26-27,29-34,39-45,47-48,70,81H,9-10,13-15,18-25,28H2,1-8H3,(H2,61,82)(H2,62,83)(H,67,71)(H,72,86)(H,73,87)(H,74,89)(H,75,88)(H,76,90)(H,77,85)(H,78,84)(H,79,91)(H4,63,64,68)(H4,65,66,69)/t31-,32-,33-,34?,39-,40-,41-,42-,43-,44-,45-,47-,48-/m0/s1. The Hall–Kier alpha value is -9.36. The van der Waals surface area contributed by atoms with Gasteiger partial charge in [0.25, 0.3) is 0 Å². The number of carbonyl (C=O) groups is 11.